The van der Waals surface area contributed by atoms with Crippen LogP contribution in [0.4, 0.5) is 0 Å². The highest BCUT2D eigenvalue weighted by Crippen LogP contribution is 2.14. The smallest absolute Gasteiger partial charge is 0.127 e. The molecule has 2 N–H and O–H groups in total. The molecule has 2 aliphatic heterocycles. The second kappa shape index (κ2) is 5.55. The fourth-order valence-electron chi connectivity index (χ4n) is 2.14. The van der Waals surface area contributed by atoms with Gasteiger partial charge in [0.2, 0.25) is 0 Å². The highest BCUT2D eigenvalue weighted by molar-refractivity contribution is 5.56. The van der Waals surface area contributed by atoms with E-state index in [1.54, 1.807) is 0 Å². The molecule has 3 atom stereocenters. The Kier molecular flexibility index (Phi) is 4.08. The topological polar surface area (TPSA) is 64.5 Å². The number of carbonyl (C=O) groups excluding carboxylic acids is 1. The zero-order chi connectivity index (χ0) is 10.5. The van der Waals surface area contributed by atoms with E-state index in [0.29, 0.717) is 6.61 Å². The Hall–Kier alpha value is -0.490. The zero-order valence-corrected chi connectivity index (χ0v) is 8.82. The third kappa shape index (κ3) is 2.75. The van der Waals surface area contributed by atoms with E-state index in [0.717, 1.165) is 39.0 Å². The molecule has 15 heavy (non-hydrogen) atoms. The molecule has 2 fully saturated rings. The Morgan fingerprint density at radius 2 is 2.20 bits per heavy atom. The summed E-state index contributed by atoms with van der Waals surface area (Å²) in [4.78, 5) is 11.1. The van der Waals surface area contributed by atoms with E-state index in [1.165, 1.54) is 0 Å². The molecule has 2 heterocycles. The maximum atomic E-state index is 11.1. The molecule has 1 radical (unpaired) electrons. The summed E-state index contributed by atoms with van der Waals surface area (Å²) in [6, 6.07) is 0.0844. The molecule has 0 aliphatic carbocycles. The minimum Gasteiger partial charge on any atom is -0.375 e. The largest absolute Gasteiger partial charge is 0.375 e. The number of hydrogen-bond acceptors (Lipinski definition) is 4. The van der Waals surface area contributed by atoms with E-state index in [1.807, 2.05) is 0 Å². The number of aldehydes is 1. The number of ether oxygens (including phenoxy) is 1. The summed E-state index contributed by atoms with van der Waals surface area (Å²) in [6.07, 6.45) is 0.989. The Labute approximate surface area is 89.9 Å². The Morgan fingerprint density at radius 3 is 2.80 bits per heavy atom. The van der Waals surface area contributed by atoms with Gasteiger partial charge < -0.3 is 20.2 Å². The van der Waals surface area contributed by atoms with Gasteiger partial charge in [-0.05, 0) is 0 Å². The number of nitrogens with zero attached hydrogens (tertiary/aromatic N) is 1. The first-order chi connectivity index (χ1) is 7.42. The zero-order valence-electron chi connectivity index (χ0n) is 8.82. The van der Waals surface area contributed by atoms with Gasteiger partial charge in [0.25, 0.3) is 0 Å². The molecule has 0 bridgehead atoms. The molecule has 0 aromatic rings. The molecule has 85 valence electrons. The molecule has 2 rings (SSSR count). The van der Waals surface area contributed by atoms with Gasteiger partial charge in [-0.3, -0.25) is 0 Å². The molecule has 5 heteroatoms. The van der Waals surface area contributed by atoms with Crippen LogP contribution in [0.1, 0.15) is 0 Å². The first kappa shape index (κ1) is 11.0. The number of piperazine rings is 1. The first-order valence-corrected chi connectivity index (χ1v) is 5.57. The van der Waals surface area contributed by atoms with E-state index in [9.17, 15) is 4.79 Å². The Morgan fingerprint density at radius 1 is 1.33 bits per heavy atom. The SMILES string of the molecule is O=CC(C1CNCC[N]1)C1CNCCO1. The number of nitrogens with one attached hydrogen (secondary N) is 2. The van der Waals surface area contributed by atoms with Gasteiger partial charge in [-0.2, -0.15) is 0 Å². The molecule has 0 amide bonds. The predicted octanol–water partition coefficient (Wildman–Crippen LogP) is -1.63. The number of rotatable bonds is 3. The number of hydrogen-bond donors (Lipinski definition) is 2. The standard InChI is InChI=1S/C10H18N3O2/c14-7-8(9-5-11-1-2-13-9)10-6-12-3-4-15-10/h7-12H,1-6H2. The van der Waals surface area contributed by atoms with Gasteiger partial charge in [0, 0.05) is 38.8 Å². The monoisotopic (exact) mass is 212 g/mol. The van der Waals surface area contributed by atoms with Crippen LogP contribution in [0.15, 0.2) is 0 Å². The van der Waals surface area contributed by atoms with E-state index >= 15 is 0 Å². The maximum Gasteiger partial charge on any atom is 0.127 e. The minimum absolute atomic E-state index is 0.00935. The van der Waals surface area contributed by atoms with Crippen molar-refractivity contribution in [2.75, 3.05) is 39.3 Å². The average molecular weight is 212 g/mol. The van der Waals surface area contributed by atoms with Crippen molar-refractivity contribution in [3.63, 3.8) is 0 Å². The molecule has 0 saturated carbocycles. The quantitative estimate of drug-likeness (QED) is 0.551. The molecule has 0 aromatic heterocycles. The van der Waals surface area contributed by atoms with Gasteiger partial charge in [0.1, 0.15) is 6.29 Å². The van der Waals surface area contributed by atoms with Crippen LogP contribution in [0, 0.1) is 5.92 Å². The third-order valence-electron chi connectivity index (χ3n) is 2.99. The van der Waals surface area contributed by atoms with Crippen LogP contribution in [0.2, 0.25) is 0 Å². The van der Waals surface area contributed by atoms with Crippen LogP contribution in [0.3, 0.4) is 0 Å². The van der Waals surface area contributed by atoms with Crippen molar-refractivity contribution >= 4 is 6.29 Å². The summed E-state index contributed by atoms with van der Waals surface area (Å²) in [5.74, 6) is -0.106. The molecular weight excluding hydrogens is 194 g/mol. The molecular formula is C10H18N3O2. The lowest BCUT2D eigenvalue weighted by atomic mass is 9.93. The Bertz CT molecular complexity index is 183. The lowest BCUT2D eigenvalue weighted by Gasteiger charge is -2.34. The van der Waals surface area contributed by atoms with Crippen LogP contribution >= 0.6 is 0 Å². The lowest BCUT2D eigenvalue weighted by molar-refractivity contribution is -0.118. The minimum atomic E-state index is -0.106. The van der Waals surface area contributed by atoms with Crippen LogP contribution in [-0.4, -0.2) is 57.8 Å². The lowest BCUT2D eigenvalue weighted by Crippen LogP contribution is -2.55. The van der Waals surface area contributed by atoms with Crippen molar-refractivity contribution in [3.8, 4) is 0 Å². The van der Waals surface area contributed by atoms with Crippen LogP contribution < -0.4 is 16.0 Å². The summed E-state index contributed by atoms with van der Waals surface area (Å²) < 4.78 is 5.60. The summed E-state index contributed by atoms with van der Waals surface area (Å²) in [5, 5.41) is 11.0. The van der Waals surface area contributed by atoms with E-state index < -0.39 is 0 Å². The number of morpholine rings is 1. The van der Waals surface area contributed by atoms with Gasteiger partial charge >= 0.3 is 0 Å². The third-order valence-corrected chi connectivity index (χ3v) is 2.99. The number of carbonyl (C=O) groups is 1. The molecule has 5 nitrogen and oxygen atoms in total. The van der Waals surface area contributed by atoms with Crippen LogP contribution in [-0.2, 0) is 9.53 Å². The van der Waals surface area contributed by atoms with E-state index in [2.05, 4.69) is 16.0 Å². The van der Waals surface area contributed by atoms with Crippen molar-refractivity contribution in [3.05, 3.63) is 0 Å². The van der Waals surface area contributed by atoms with E-state index in [4.69, 9.17) is 4.74 Å². The van der Waals surface area contributed by atoms with Gasteiger partial charge in [0.05, 0.1) is 18.6 Å². The van der Waals surface area contributed by atoms with Crippen molar-refractivity contribution in [1.82, 2.24) is 16.0 Å². The first-order valence-electron chi connectivity index (χ1n) is 5.57. The van der Waals surface area contributed by atoms with Gasteiger partial charge in [0.15, 0.2) is 0 Å². The van der Waals surface area contributed by atoms with Crippen molar-refractivity contribution in [2.45, 2.75) is 12.1 Å². The van der Waals surface area contributed by atoms with Crippen molar-refractivity contribution in [1.29, 1.82) is 0 Å². The maximum absolute atomic E-state index is 11.1. The Balaban J connectivity index is 1.91. The summed E-state index contributed by atoms with van der Waals surface area (Å²) >= 11 is 0. The van der Waals surface area contributed by atoms with Crippen LogP contribution in [0.25, 0.3) is 0 Å². The average Bonchev–Trinajstić information content (AvgIpc) is 2.33. The fraction of sp³-hybridized carbons (Fsp3) is 0.900. The molecule has 2 saturated heterocycles. The van der Waals surface area contributed by atoms with Crippen LogP contribution in [0.5, 0.6) is 0 Å². The summed E-state index contributed by atoms with van der Waals surface area (Å²) in [7, 11) is 0. The molecule has 0 aromatic carbocycles. The highest BCUT2D eigenvalue weighted by atomic mass is 16.5. The highest BCUT2D eigenvalue weighted by Gasteiger charge is 2.32. The van der Waals surface area contributed by atoms with Crippen molar-refractivity contribution < 1.29 is 9.53 Å². The van der Waals surface area contributed by atoms with Crippen molar-refractivity contribution in [2.24, 2.45) is 5.92 Å². The normalized spacial score (nSPS) is 34.7. The van der Waals surface area contributed by atoms with E-state index in [-0.39, 0.29) is 18.1 Å². The van der Waals surface area contributed by atoms with Gasteiger partial charge in [-0.15, -0.1) is 0 Å². The molecule has 2 aliphatic rings. The predicted molar refractivity (Wildman–Crippen MR) is 55.8 cm³/mol. The van der Waals surface area contributed by atoms with Gasteiger partial charge in [-0.1, -0.05) is 0 Å². The fourth-order valence-corrected chi connectivity index (χ4v) is 2.14. The summed E-state index contributed by atoms with van der Waals surface area (Å²) in [6.45, 7) is 4.84. The molecule has 0 spiro atoms. The second-order valence-electron chi connectivity index (χ2n) is 4.00. The summed E-state index contributed by atoms with van der Waals surface area (Å²) in [5.41, 5.74) is 0. The molecule has 3 unspecified atom stereocenters. The second-order valence-corrected chi connectivity index (χ2v) is 4.00. The van der Waals surface area contributed by atoms with Gasteiger partial charge in [-0.25, -0.2) is 5.32 Å².